The number of carbonyl (C=O) groups is 2. The van der Waals surface area contributed by atoms with Crippen LogP contribution in [-0.4, -0.2) is 49.6 Å². The summed E-state index contributed by atoms with van der Waals surface area (Å²) in [6, 6.07) is -0.609. The van der Waals surface area contributed by atoms with E-state index in [-0.39, 0.29) is 5.91 Å². The maximum Gasteiger partial charge on any atom is 0.329 e. The molecule has 0 spiro atoms. The molecule has 0 heterocycles. The molecular formula is C11H22N2O3S. The van der Waals surface area contributed by atoms with Crippen molar-refractivity contribution in [3.63, 3.8) is 0 Å². The summed E-state index contributed by atoms with van der Waals surface area (Å²) in [7, 11) is 1.31. The van der Waals surface area contributed by atoms with Crippen LogP contribution in [0.25, 0.3) is 0 Å². The summed E-state index contributed by atoms with van der Waals surface area (Å²) in [5.74, 6) is -0.662. The fourth-order valence-electron chi connectivity index (χ4n) is 1.25. The maximum absolute atomic E-state index is 11.4. The molecule has 0 aromatic carbocycles. The van der Waals surface area contributed by atoms with Gasteiger partial charge in [-0.3, -0.25) is 4.79 Å². The second-order valence-corrected chi connectivity index (χ2v) is 5.09. The lowest BCUT2D eigenvalue weighted by Gasteiger charge is -2.16. The Bertz CT molecular complexity index is 249. The highest BCUT2D eigenvalue weighted by molar-refractivity contribution is 7.99. The minimum atomic E-state index is -0.609. The van der Waals surface area contributed by atoms with Gasteiger partial charge in [-0.25, -0.2) is 4.79 Å². The molecule has 1 amide bonds. The highest BCUT2D eigenvalue weighted by atomic mass is 32.2. The molecule has 0 aliphatic rings. The fourth-order valence-corrected chi connectivity index (χ4v) is 1.60. The average molecular weight is 262 g/mol. The van der Waals surface area contributed by atoms with Gasteiger partial charge in [0.2, 0.25) is 5.91 Å². The Kier molecular flexibility index (Phi) is 8.89. The van der Waals surface area contributed by atoms with E-state index in [1.54, 1.807) is 11.8 Å². The molecule has 0 radical (unpaired) electrons. The molecule has 0 aromatic rings. The minimum Gasteiger partial charge on any atom is -0.467 e. The van der Waals surface area contributed by atoms with Crippen LogP contribution in [0, 0.1) is 0 Å². The molecule has 0 bridgehead atoms. The molecule has 0 aliphatic carbocycles. The van der Waals surface area contributed by atoms with E-state index in [0.717, 1.165) is 13.0 Å². The Morgan fingerprint density at radius 3 is 2.53 bits per heavy atom. The summed E-state index contributed by atoms with van der Waals surface area (Å²) in [6.45, 7) is 4.74. The number of thioether (sulfide) groups is 1. The molecule has 2 unspecified atom stereocenters. The van der Waals surface area contributed by atoms with Gasteiger partial charge in [0.15, 0.2) is 0 Å². The van der Waals surface area contributed by atoms with Crippen molar-refractivity contribution in [3.8, 4) is 0 Å². The summed E-state index contributed by atoms with van der Waals surface area (Å²) >= 11 is 1.80. The Hall–Kier alpha value is -0.750. The molecule has 0 aliphatic heterocycles. The van der Waals surface area contributed by atoms with E-state index < -0.39 is 12.0 Å². The molecule has 2 N–H and O–H groups in total. The minimum absolute atomic E-state index is 0.236. The Morgan fingerprint density at radius 2 is 2.06 bits per heavy atom. The van der Waals surface area contributed by atoms with Crippen LogP contribution in [0.15, 0.2) is 0 Å². The van der Waals surface area contributed by atoms with Crippen LogP contribution >= 0.6 is 11.8 Å². The van der Waals surface area contributed by atoms with Gasteiger partial charge in [-0.2, -0.15) is 11.8 Å². The van der Waals surface area contributed by atoms with Crippen molar-refractivity contribution in [1.82, 2.24) is 10.6 Å². The lowest BCUT2D eigenvalue weighted by molar-refractivity contribution is -0.144. The zero-order valence-corrected chi connectivity index (χ0v) is 11.7. The molecule has 5 nitrogen and oxygen atoms in total. The van der Waals surface area contributed by atoms with E-state index in [4.69, 9.17) is 0 Å². The molecule has 17 heavy (non-hydrogen) atoms. The fraction of sp³-hybridized carbons (Fsp3) is 0.818. The first-order chi connectivity index (χ1) is 8.01. The topological polar surface area (TPSA) is 67.4 Å². The number of hydrogen-bond donors (Lipinski definition) is 2. The Balaban J connectivity index is 3.91. The quantitative estimate of drug-likeness (QED) is 0.489. The summed E-state index contributed by atoms with van der Waals surface area (Å²) in [5, 5.41) is 6.28. The lowest BCUT2D eigenvalue weighted by atomic mass is 10.2. The first-order valence-corrected chi connectivity index (χ1v) is 6.88. The van der Waals surface area contributed by atoms with E-state index in [1.807, 2.05) is 0 Å². The number of ether oxygens (including phenoxy) is 1. The first-order valence-electron chi connectivity index (χ1n) is 5.59. The lowest BCUT2D eigenvalue weighted by Crippen LogP contribution is -2.47. The second-order valence-electron chi connectivity index (χ2n) is 3.82. The van der Waals surface area contributed by atoms with Crippen molar-refractivity contribution in [2.45, 2.75) is 31.6 Å². The molecule has 6 heteroatoms. The highest BCUT2D eigenvalue weighted by Gasteiger charge is 2.19. The van der Waals surface area contributed by atoms with Crippen molar-refractivity contribution >= 4 is 23.6 Å². The SMILES string of the molecule is COC(=O)C(CNCCC(C)SC)NC(C)=O. The van der Waals surface area contributed by atoms with Gasteiger partial charge in [0, 0.05) is 18.7 Å². The number of hydrogen-bond acceptors (Lipinski definition) is 5. The van der Waals surface area contributed by atoms with Crippen LogP contribution < -0.4 is 10.6 Å². The zero-order chi connectivity index (χ0) is 13.3. The number of esters is 1. The number of nitrogens with one attached hydrogen (secondary N) is 2. The Morgan fingerprint density at radius 1 is 1.41 bits per heavy atom. The molecule has 0 aromatic heterocycles. The molecule has 0 saturated carbocycles. The van der Waals surface area contributed by atoms with E-state index in [9.17, 15) is 9.59 Å². The van der Waals surface area contributed by atoms with Crippen molar-refractivity contribution in [3.05, 3.63) is 0 Å². The van der Waals surface area contributed by atoms with E-state index in [1.165, 1.54) is 14.0 Å². The number of methoxy groups -OCH3 is 1. The van der Waals surface area contributed by atoms with Crippen molar-refractivity contribution in [1.29, 1.82) is 0 Å². The predicted octanol–water partition coefficient (Wildman–Crippen LogP) is 0.395. The van der Waals surface area contributed by atoms with Crippen LogP contribution in [0.4, 0.5) is 0 Å². The second kappa shape index (κ2) is 9.30. The monoisotopic (exact) mass is 262 g/mol. The van der Waals surface area contributed by atoms with Gasteiger partial charge >= 0.3 is 5.97 Å². The largest absolute Gasteiger partial charge is 0.467 e. The highest BCUT2D eigenvalue weighted by Crippen LogP contribution is 2.07. The molecule has 0 saturated heterocycles. The van der Waals surface area contributed by atoms with Crippen LogP contribution in [0.3, 0.4) is 0 Å². The Labute approximate surface area is 107 Å². The van der Waals surface area contributed by atoms with Crippen LogP contribution in [0.1, 0.15) is 20.3 Å². The zero-order valence-electron chi connectivity index (χ0n) is 10.9. The van der Waals surface area contributed by atoms with Gasteiger partial charge in [-0.1, -0.05) is 6.92 Å². The van der Waals surface area contributed by atoms with Gasteiger partial charge in [0.05, 0.1) is 7.11 Å². The number of rotatable bonds is 8. The average Bonchev–Trinajstić information content (AvgIpc) is 2.31. The summed E-state index contributed by atoms with van der Waals surface area (Å²) < 4.78 is 4.61. The smallest absolute Gasteiger partial charge is 0.329 e. The summed E-state index contributed by atoms with van der Waals surface area (Å²) in [5.41, 5.74) is 0. The summed E-state index contributed by atoms with van der Waals surface area (Å²) in [6.07, 6.45) is 3.09. The maximum atomic E-state index is 11.4. The summed E-state index contributed by atoms with van der Waals surface area (Å²) in [4.78, 5) is 22.3. The number of amides is 1. The predicted molar refractivity (Wildman–Crippen MR) is 70.1 cm³/mol. The third kappa shape index (κ3) is 8.04. The number of carbonyl (C=O) groups excluding carboxylic acids is 2. The normalized spacial score (nSPS) is 13.9. The molecule has 2 atom stereocenters. The van der Waals surface area contributed by atoms with Gasteiger partial charge in [0.25, 0.3) is 0 Å². The first kappa shape index (κ1) is 16.2. The van der Waals surface area contributed by atoms with Gasteiger partial charge < -0.3 is 15.4 Å². The van der Waals surface area contributed by atoms with Gasteiger partial charge in [-0.15, -0.1) is 0 Å². The molecule has 100 valence electrons. The van der Waals surface area contributed by atoms with Crippen LogP contribution in [0.2, 0.25) is 0 Å². The van der Waals surface area contributed by atoms with Crippen molar-refractivity contribution in [2.75, 3.05) is 26.5 Å². The standard InChI is InChI=1S/C11H22N2O3S/c1-8(17-4)5-6-12-7-10(11(15)16-3)13-9(2)14/h8,10,12H,5-7H2,1-4H3,(H,13,14). The molecule has 0 fully saturated rings. The van der Waals surface area contributed by atoms with E-state index in [0.29, 0.717) is 11.8 Å². The van der Waals surface area contributed by atoms with Crippen molar-refractivity contribution in [2.24, 2.45) is 0 Å². The van der Waals surface area contributed by atoms with Gasteiger partial charge in [-0.05, 0) is 19.2 Å². The third-order valence-electron chi connectivity index (χ3n) is 2.34. The van der Waals surface area contributed by atoms with Gasteiger partial charge in [0.1, 0.15) is 6.04 Å². The third-order valence-corrected chi connectivity index (χ3v) is 3.38. The molecular weight excluding hydrogens is 240 g/mol. The molecule has 0 rings (SSSR count). The van der Waals surface area contributed by atoms with Crippen LogP contribution in [-0.2, 0) is 14.3 Å². The van der Waals surface area contributed by atoms with Crippen molar-refractivity contribution < 1.29 is 14.3 Å². The van der Waals surface area contributed by atoms with Crippen LogP contribution in [0.5, 0.6) is 0 Å². The van der Waals surface area contributed by atoms with E-state index >= 15 is 0 Å². The van der Waals surface area contributed by atoms with E-state index in [2.05, 4.69) is 28.5 Å².